The predicted octanol–water partition coefficient (Wildman–Crippen LogP) is 1.56. The Balaban J connectivity index is 2.17. The fraction of sp³-hybridized carbons (Fsp3) is 0.769. The number of hydrogen-bond acceptors (Lipinski definition) is 4. The van der Waals surface area contributed by atoms with Gasteiger partial charge < -0.3 is 0 Å². The van der Waals surface area contributed by atoms with E-state index in [1.54, 1.807) is 11.2 Å². The standard InChI is InChI=1S/C13H23ClN4O2S/c1-4-10(2)17-5-7-18(8-6-17)21(19,20)13-11(3)15-16-12(13)9-14/h10H,4-9H2,1-3H3,(H,15,16). The van der Waals surface area contributed by atoms with Gasteiger partial charge in [-0.25, -0.2) is 8.42 Å². The number of nitrogens with zero attached hydrogens (tertiary/aromatic N) is 3. The van der Waals surface area contributed by atoms with Crippen LogP contribution in [-0.4, -0.2) is 60.0 Å². The van der Waals surface area contributed by atoms with E-state index in [-0.39, 0.29) is 10.8 Å². The lowest BCUT2D eigenvalue weighted by atomic mass is 10.2. The summed E-state index contributed by atoms with van der Waals surface area (Å²) in [5, 5.41) is 6.70. The number of rotatable bonds is 5. The van der Waals surface area contributed by atoms with E-state index < -0.39 is 10.0 Å². The zero-order valence-corrected chi connectivity index (χ0v) is 14.3. The van der Waals surface area contributed by atoms with Gasteiger partial charge in [0.05, 0.1) is 17.3 Å². The van der Waals surface area contributed by atoms with Gasteiger partial charge in [-0.3, -0.25) is 10.00 Å². The molecular weight excluding hydrogens is 312 g/mol. The van der Waals surface area contributed by atoms with Crippen LogP contribution in [0.4, 0.5) is 0 Å². The van der Waals surface area contributed by atoms with Crippen LogP contribution in [0.5, 0.6) is 0 Å². The largest absolute Gasteiger partial charge is 0.298 e. The molecule has 8 heteroatoms. The summed E-state index contributed by atoms with van der Waals surface area (Å²) in [7, 11) is -3.52. The summed E-state index contributed by atoms with van der Waals surface area (Å²) in [6.45, 7) is 8.59. The highest BCUT2D eigenvalue weighted by Gasteiger charge is 2.33. The van der Waals surface area contributed by atoms with Gasteiger partial charge in [-0.2, -0.15) is 9.40 Å². The third kappa shape index (κ3) is 3.26. The molecule has 1 N–H and O–H groups in total. The summed E-state index contributed by atoms with van der Waals surface area (Å²) in [5.74, 6) is 0.0890. The molecule has 1 aromatic heterocycles. The first-order valence-corrected chi connectivity index (χ1v) is 9.23. The number of H-pyrrole nitrogens is 1. The van der Waals surface area contributed by atoms with Gasteiger partial charge in [-0.15, -0.1) is 11.6 Å². The number of aryl methyl sites for hydroxylation is 1. The maximum Gasteiger partial charge on any atom is 0.246 e. The third-order valence-corrected chi connectivity index (χ3v) is 6.53. The molecular formula is C13H23ClN4O2S. The van der Waals surface area contributed by atoms with Crippen molar-refractivity contribution in [3.05, 3.63) is 11.4 Å². The van der Waals surface area contributed by atoms with Gasteiger partial charge in [0.1, 0.15) is 4.90 Å². The highest BCUT2D eigenvalue weighted by atomic mass is 35.5. The van der Waals surface area contributed by atoms with E-state index in [9.17, 15) is 8.42 Å². The Bertz CT molecular complexity index is 579. The monoisotopic (exact) mass is 334 g/mol. The molecule has 0 aliphatic carbocycles. The van der Waals surface area contributed by atoms with Crippen LogP contribution >= 0.6 is 11.6 Å². The molecule has 21 heavy (non-hydrogen) atoms. The molecule has 2 heterocycles. The van der Waals surface area contributed by atoms with Crippen LogP contribution in [0.2, 0.25) is 0 Å². The molecule has 0 bridgehead atoms. The van der Waals surface area contributed by atoms with E-state index in [1.165, 1.54) is 0 Å². The summed E-state index contributed by atoms with van der Waals surface area (Å²) in [4.78, 5) is 2.57. The number of hydrogen-bond donors (Lipinski definition) is 1. The molecule has 1 aliphatic heterocycles. The van der Waals surface area contributed by atoms with Gasteiger partial charge in [-0.1, -0.05) is 6.92 Å². The number of piperazine rings is 1. The highest BCUT2D eigenvalue weighted by molar-refractivity contribution is 7.89. The second kappa shape index (κ2) is 6.64. The second-order valence-electron chi connectivity index (χ2n) is 5.46. The van der Waals surface area contributed by atoms with Gasteiger partial charge in [-0.05, 0) is 20.3 Å². The van der Waals surface area contributed by atoms with Crippen molar-refractivity contribution in [2.75, 3.05) is 26.2 Å². The van der Waals surface area contributed by atoms with Crippen molar-refractivity contribution in [3.8, 4) is 0 Å². The number of aromatic nitrogens is 2. The smallest absolute Gasteiger partial charge is 0.246 e. The molecule has 2 rings (SSSR count). The maximum absolute atomic E-state index is 12.8. The Kier molecular flexibility index (Phi) is 5.29. The first-order chi connectivity index (χ1) is 9.91. The summed E-state index contributed by atoms with van der Waals surface area (Å²) in [6, 6.07) is 0.490. The zero-order chi connectivity index (χ0) is 15.6. The molecule has 1 unspecified atom stereocenters. The lowest BCUT2D eigenvalue weighted by molar-refractivity contribution is 0.142. The van der Waals surface area contributed by atoms with Gasteiger partial charge >= 0.3 is 0 Å². The van der Waals surface area contributed by atoms with Crippen LogP contribution in [0.15, 0.2) is 4.90 Å². The number of halogens is 1. The average molecular weight is 335 g/mol. The number of alkyl halides is 1. The average Bonchev–Trinajstić information content (AvgIpc) is 2.88. The van der Waals surface area contributed by atoms with Gasteiger partial charge in [0, 0.05) is 32.2 Å². The quantitative estimate of drug-likeness (QED) is 0.830. The molecule has 0 spiro atoms. The maximum atomic E-state index is 12.8. The van der Waals surface area contributed by atoms with E-state index in [2.05, 4.69) is 28.9 Å². The molecule has 0 radical (unpaired) electrons. The topological polar surface area (TPSA) is 69.3 Å². The van der Waals surface area contributed by atoms with Crippen LogP contribution in [-0.2, 0) is 15.9 Å². The molecule has 1 aromatic rings. The first-order valence-electron chi connectivity index (χ1n) is 7.25. The second-order valence-corrected chi connectivity index (χ2v) is 7.60. The number of nitrogens with one attached hydrogen (secondary N) is 1. The van der Waals surface area contributed by atoms with Crippen LogP contribution < -0.4 is 0 Å². The Morgan fingerprint density at radius 3 is 2.48 bits per heavy atom. The molecule has 0 amide bonds. The minimum atomic E-state index is -3.52. The van der Waals surface area contributed by atoms with Crippen molar-refractivity contribution in [2.45, 2.75) is 44.0 Å². The number of aromatic amines is 1. The lowest BCUT2D eigenvalue weighted by Gasteiger charge is -2.37. The van der Waals surface area contributed by atoms with E-state index >= 15 is 0 Å². The van der Waals surface area contributed by atoms with Crippen molar-refractivity contribution < 1.29 is 8.42 Å². The van der Waals surface area contributed by atoms with Crippen molar-refractivity contribution in [2.24, 2.45) is 0 Å². The van der Waals surface area contributed by atoms with E-state index in [0.717, 1.165) is 19.5 Å². The van der Waals surface area contributed by atoms with Crippen LogP contribution in [0.25, 0.3) is 0 Å². The Morgan fingerprint density at radius 1 is 1.33 bits per heavy atom. The van der Waals surface area contributed by atoms with E-state index in [0.29, 0.717) is 30.5 Å². The Labute approximate surface area is 131 Å². The zero-order valence-electron chi connectivity index (χ0n) is 12.8. The number of sulfonamides is 1. The van der Waals surface area contributed by atoms with Crippen molar-refractivity contribution in [1.82, 2.24) is 19.4 Å². The van der Waals surface area contributed by atoms with Crippen molar-refractivity contribution in [3.63, 3.8) is 0 Å². The van der Waals surface area contributed by atoms with Crippen LogP contribution in [0.3, 0.4) is 0 Å². The van der Waals surface area contributed by atoms with Crippen LogP contribution in [0.1, 0.15) is 31.7 Å². The van der Waals surface area contributed by atoms with E-state index in [1.807, 2.05) is 0 Å². The fourth-order valence-corrected chi connectivity index (χ4v) is 4.70. The fourth-order valence-electron chi connectivity index (χ4n) is 2.67. The summed E-state index contributed by atoms with van der Waals surface area (Å²) >= 11 is 5.80. The first kappa shape index (κ1) is 16.7. The van der Waals surface area contributed by atoms with Gasteiger partial charge in [0.15, 0.2) is 0 Å². The minimum Gasteiger partial charge on any atom is -0.298 e. The van der Waals surface area contributed by atoms with Gasteiger partial charge in [0.25, 0.3) is 0 Å². The molecule has 1 aliphatic rings. The molecule has 1 atom stereocenters. The molecule has 120 valence electrons. The molecule has 0 aromatic carbocycles. The Morgan fingerprint density at radius 2 is 1.95 bits per heavy atom. The minimum absolute atomic E-state index is 0.0890. The summed E-state index contributed by atoms with van der Waals surface area (Å²) < 4.78 is 27.1. The molecule has 1 saturated heterocycles. The van der Waals surface area contributed by atoms with Crippen LogP contribution in [0, 0.1) is 6.92 Å². The van der Waals surface area contributed by atoms with Crippen molar-refractivity contribution in [1.29, 1.82) is 0 Å². The van der Waals surface area contributed by atoms with Crippen molar-refractivity contribution >= 4 is 21.6 Å². The summed E-state index contributed by atoms with van der Waals surface area (Å²) in [5.41, 5.74) is 0.952. The molecule has 1 fully saturated rings. The molecule has 0 saturated carbocycles. The Hall–Kier alpha value is -0.630. The lowest BCUT2D eigenvalue weighted by Crippen LogP contribution is -2.51. The van der Waals surface area contributed by atoms with E-state index in [4.69, 9.17) is 11.6 Å². The van der Waals surface area contributed by atoms with Gasteiger partial charge in [0.2, 0.25) is 10.0 Å². The third-order valence-electron chi connectivity index (χ3n) is 4.17. The SMILES string of the molecule is CCC(C)N1CCN(S(=O)(=O)c2c(CCl)n[nH]c2C)CC1. The molecule has 6 nitrogen and oxygen atoms in total. The summed E-state index contributed by atoms with van der Waals surface area (Å²) in [6.07, 6.45) is 1.07. The normalized spacial score (nSPS) is 19.8. The predicted molar refractivity (Wildman–Crippen MR) is 83.0 cm³/mol. The highest BCUT2D eigenvalue weighted by Crippen LogP contribution is 2.24.